The summed E-state index contributed by atoms with van der Waals surface area (Å²) in [5.41, 5.74) is 8.59. The maximum atomic E-state index is 12.9. The summed E-state index contributed by atoms with van der Waals surface area (Å²) in [6.07, 6.45) is 1.89. The van der Waals surface area contributed by atoms with Gasteiger partial charge in [-0.1, -0.05) is 6.07 Å². The summed E-state index contributed by atoms with van der Waals surface area (Å²) in [7, 11) is 0. The number of hydrogen-bond acceptors (Lipinski definition) is 2. The van der Waals surface area contributed by atoms with Gasteiger partial charge in [-0.2, -0.15) is 5.10 Å². The first-order chi connectivity index (χ1) is 7.56. The molecule has 0 unspecified atom stereocenters. The standard InChI is InChI=1S/C12H14FN3/c1-8-5-11(13)4-3-10(8)7-16-6-9(2)12(14)15-16/h3-6H,7H2,1-2H3,(H2,14,15). The zero-order valence-corrected chi connectivity index (χ0v) is 9.37. The van der Waals surface area contributed by atoms with E-state index in [1.165, 1.54) is 12.1 Å². The van der Waals surface area contributed by atoms with E-state index in [1.807, 2.05) is 20.0 Å². The average molecular weight is 219 g/mol. The van der Waals surface area contributed by atoms with Gasteiger partial charge in [0.2, 0.25) is 0 Å². The number of nitrogen functional groups attached to an aromatic ring is 1. The molecule has 0 radical (unpaired) electrons. The van der Waals surface area contributed by atoms with E-state index in [-0.39, 0.29) is 5.82 Å². The number of rotatable bonds is 2. The van der Waals surface area contributed by atoms with Crippen LogP contribution in [-0.4, -0.2) is 9.78 Å². The molecule has 3 nitrogen and oxygen atoms in total. The molecule has 1 aromatic carbocycles. The van der Waals surface area contributed by atoms with Gasteiger partial charge in [-0.15, -0.1) is 0 Å². The number of aryl methyl sites for hydroxylation is 2. The molecule has 4 heteroatoms. The van der Waals surface area contributed by atoms with Crippen molar-refractivity contribution in [2.24, 2.45) is 0 Å². The van der Waals surface area contributed by atoms with Gasteiger partial charge < -0.3 is 5.73 Å². The normalized spacial score (nSPS) is 10.7. The Balaban J connectivity index is 2.27. The van der Waals surface area contributed by atoms with E-state index in [4.69, 9.17) is 5.73 Å². The van der Waals surface area contributed by atoms with Gasteiger partial charge in [-0.3, -0.25) is 4.68 Å². The molecule has 0 fully saturated rings. The number of aromatic nitrogens is 2. The molecule has 2 N–H and O–H groups in total. The average Bonchev–Trinajstić information content (AvgIpc) is 2.51. The van der Waals surface area contributed by atoms with E-state index >= 15 is 0 Å². The molecule has 0 aliphatic heterocycles. The molecule has 2 aromatic rings. The van der Waals surface area contributed by atoms with Gasteiger partial charge >= 0.3 is 0 Å². The number of nitrogens with zero attached hydrogens (tertiary/aromatic N) is 2. The predicted octanol–water partition coefficient (Wildman–Crippen LogP) is 2.27. The second-order valence-electron chi connectivity index (χ2n) is 3.97. The van der Waals surface area contributed by atoms with Crippen molar-refractivity contribution >= 4 is 5.82 Å². The summed E-state index contributed by atoms with van der Waals surface area (Å²) in [6.45, 7) is 4.42. The fourth-order valence-electron chi connectivity index (χ4n) is 1.63. The number of anilines is 1. The fourth-order valence-corrected chi connectivity index (χ4v) is 1.63. The van der Waals surface area contributed by atoms with Crippen molar-refractivity contribution in [2.75, 3.05) is 5.73 Å². The second-order valence-corrected chi connectivity index (χ2v) is 3.97. The number of halogens is 1. The second kappa shape index (κ2) is 3.96. The van der Waals surface area contributed by atoms with E-state index < -0.39 is 0 Å². The quantitative estimate of drug-likeness (QED) is 0.842. The third kappa shape index (κ3) is 2.05. The van der Waals surface area contributed by atoms with Crippen LogP contribution in [-0.2, 0) is 6.54 Å². The van der Waals surface area contributed by atoms with Crippen molar-refractivity contribution in [2.45, 2.75) is 20.4 Å². The molecule has 2 rings (SSSR count). The van der Waals surface area contributed by atoms with Crippen LogP contribution in [0.5, 0.6) is 0 Å². The summed E-state index contributed by atoms with van der Waals surface area (Å²) in [5, 5.41) is 4.17. The Hall–Kier alpha value is -1.84. The topological polar surface area (TPSA) is 43.8 Å². The predicted molar refractivity (Wildman–Crippen MR) is 61.6 cm³/mol. The zero-order valence-electron chi connectivity index (χ0n) is 9.37. The summed E-state index contributed by atoms with van der Waals surface area (Å²) in [6, 6.07) is 4.76. The van der Waals surface area contributed by atoms with E-state index in [0.29, 0.717) is 12.4 Å². The highest BCUT2D eigenvalue weighted by Crippen LogP contribution is 2.13. The summed E-state index contributed by atoms with van der Waals surface area (Å²) >= 11 is 0. The van der Waals surface area contributed by atoms with Gasteiger partial charge in [-0.05, 0) is 37.1 Å². The SMILES string of the molecule is Cc1cc(F)ccc1Cn1cc(C)c(N)n1. The molecular formula is C12H14FN3. The minimum atomic E-state index is -0.211. The van der Waals surface area contributed by atoms with Crippen molar-refractivity contribution in [3.63, 3.8) is 0 Å². The smallest absolute Gasteiger partial charge is 0.148 e. The van der Waals surface area contributed by atoms with Crippen LogP contribution in [0.3, 0.4) is 0 Å². The molecule has 0 aliphatic carbocycles. The molecule has 16 heavy (non-hydrogen) atoms. The highest BCUT2D eigenvalue weighted by Gasteiger charge is 2.04. The molecular weight excluding hydrogens is 205 g/mol. The van der Waals surface area contributed by atoms with Crippen LogP contribution in [0.2, 0.25) is 0 Å². The van der Waals surface area contributed by atoms with Gasteiger partial charge in [-0.25, -0.2) is 4.39 Å². The molecule has 0 saturated heterocycles. The molecule has 0 atom stereocenters. The minimum absolute atomic E-state index is 0.211. The van der Waals surface area contributed by atoms with Crippen molar-refractivity contribution in [1.82, 2.24) is 9.78 Å². The highest BCUT2D eigenvalue weighted by atomic mass is 19.1. The molecule has 0 spiro atoms. The Morgan fingerprint density at radius 3 is 2.62 bits per heavy atom. The van der Waals surface area contributed by atoms with Crippen LogP contribution >= 0.6 is 0 Å². The van der Waals surface area contributed by atoms with Gasteiger partial charge in [0.05, 0.1) is 6.54 Å². The molecule has 1 aromatic heterocycles. The van der Waals surface area contributed by atoms with Gasteiger partial charge in [0.25, 0.3) is 0 Å². The molecule has 84 valence electrons. The lowest BCUT2D eigenvalue weighted by atomic mass is 10.1. The molecule has 0 aliphatic rings. The lowest BCUT2D eigenvalue weighted by Crippen LogP contribution is -2.03. The monoisotopic (exact) mass is 219 g/mol. The van der Waals surface area contributed by atoms with Crippen LogP contribution in [0.4, 0.5) is 10.2 Å². The summed E-state index contributed by atoms with van der Waals surface area (Å²) in [4.78, 5) is 0. The Morgan fingerprint density at radius 2 is 2.06 bits per heavy atom. The lowest BCUT2D eigenvalue weighted by Gasteiger charge is -2.05. The van der Waals surface area contributed by atoms with Crippen LogP contribution in [0, 0.1) is 19.7 Å². The minimum Gasteiger partial charge on any atom is -0.382 e. The van der Waals surface area contributed by atoms with Crippen molar-refractivity contribution in [1.29, 1.82) is 0 Å². The van der Waals surface area contributed by atoms with E-state index in [2.05, 4.69) is 5.10 Å². The number of hydrogen-bond donors (Lipinski definition) is 1. The number of benzene rings is 1. The molecule has 0 amide bonds. The maximum Gasteiger partial charge on any atom is 0.148 e. The first-order valence-corrected chi connectivity index (χ1v) is 5.11. The Labute approximate surface area is 93.7 Å². The fraction of sp³-hybridized carbons (Fsp3) is 0.250. The summed E-state index contributed by atoms with van der Waals surface area (Å²) in [5.74, 6) is 0.331. The van der Waals surface area contributed by atoms with Gasteiger partial charge in [0.15, 0.2) is 0 Å². The van der Waals surface area contributed by atoms with E-state index in [0.717, 1.165) is 16.7 Å². The third-order valence-electron chi connectivity index (χ3n) is 2.62. The maximum absolute atomic E-state index is 12.9. The number of nitrogens with two attached hydrogens (primary N) is 1. The van der Waals surface area contributed by atoms with E-state index in [1.54, 1.807) is 10.7 Å². The van der Waals surface area contributed by atoms with E-state index in [9.17, 15) is 4.39 Å². The Morgan fingerprint density at radius 1 is 1.31 bits per heavy atom. The largest absolute Gasteiger partial charge is 0.382 e. The van der Waals surface area contributed by atoms with Crippen molar-refractivity contribution in [3.05, 3.63) is 46.9 Å². The zero-order chi connectivity index (χ0) is 11.7. The molecule has 1 heterocycles. The first kappa shape index (κ1) is 10.7. The third-order valence-corrected chi connectivity index (χ3v) is 2.62. The van der Waals surface area contributed by atoms with Crippen LogP contribution in [0.1, 0.15) is 16.7 Å². The Kier molecular flexibility index (Phi) is 2.64. The van der Waals surface area contributed by atoms with Crippen molar-refractivity contribution < 1.29 is 4.39 Å². The van der Waals surface area contributed by atoms with Crippen LogP contribution in [0.15, 0.2) is 24.4 Å². The molecule has 0 bridgehead atoms. The summed E-state index contributed by atoms with van der Waals surface area (Å²) < 4.78 is 14.7. The van der Waals surface area contributed by atoms with Crippen LogP contribution in [0.25, 0.3) is 0 Å². The van der Waals surface area contributed by atoms with Gasteiger partial charge in [0.1, 0.15) is 11.6 Å². The van der Waals surface area contributed by atoms with Gasteiger partial charge in [0, 0.05) is 11.8 Å². The first-order valence-electron chi connectivity index (χ1n) is 5.11. The Bertz CT molecular complexity index is 497. The lowest BCUT2D eigenvalue weighted by molar-refractivity contribution is 0.622. The highest BCUT2D eigenvalue weighted by molar-refractivity contribution is 5.36. The molecule has 0 saturated carbocycles. The van der Waals surface area contributed by atoms with Crippen molar-refractivity contribution in [3.8, 4) is 0 Å². The van der Waals surface area contributed by atoms with Crippen LogP contribution < -0.4 is 5.73 Å².